The van der Waals surface area contributed by atoms with Gasteiger partial charge in [0.2, 0.25) is 5.91 Å². The molecule has 2 aromatic rings. The van der Waals surface area contributed by atoms with Crippen molar-refractivity contribution in [3.8, 4) is 11.4 Å². The number of nitrogens with one attached hydrogen (secondary N) is 1. The summed E-state index contributed by atoms with van der Waals surface area (Å²) in [7, 11) is 1.44. The first kappa shape index (κ1) is 22.6. The summed E-state index contributed by atoms with van der Waals surface area (Å²) in [5.74, 6) is -1.10. The molecule has 0 saturated carbocycles. The molecule has 0 radical (unpaired) electrons. The van der Waals surface area contributed by atoms with Crippen LogP contribution in [-0.2, 0) is 9.53 Å². The molecule has 2 amide bonds. The molecular formula is C19H17ClF3N5O3. The van der Waals surface area contributed by atoms with Crippen LogP contribution in [0.25, 0.3) is 11.4 Å². The Labute approximate surface area is 180 Å². The SMILES string of the molecule is C=CC(=O)N1CC(c2cc(Cl)nc(-c3cc(C(=O)NC)ncn3)c2)O[C@@H](C(F)(F)F)C1. The number of aromatic nitrogens is 3. The fourth-order valence-corrected chi connectivity index (χ4v) is 3.23. The highest BCUT2D eigenvalue weighted by Crippen LogP contribution is 2.35. The maximum Gasteiger partial charge on any atom is 0.416 e. The minimum Gasteiger partial charge on any atom is -0.357 e. The zero-order valence-electron chi connectivity index (χ0n) is 16.2. The van der Waals surface area contributed by atoms with Gasteiger partial charge in [0.05, 0.1) is 24.5 Å². The Bertz CT molecular complexity index is 1020. The maximum atomic E-state index is 13.4. The minimum absolute atomic E-state index is 0.0214. The summed E-state index contributed by atoms with van der Waals surface area (Å²) in [4.78, 5) is 36.9. The molecule has 0 spiro atoms. The summed E-state index contributed by atoms with van der Waals surface area (Å²) in [6.07, 6.45) is -5.87. The van der Waals surface area contributed by atoms with Crippen LogP contribution in [0.3, 0.4) is 0 Å². The first-order valence-corrected chi connectivity index (χ1v) is 9.35. The van der Waals surface area contributed by atoms with Crippen LogP contribution in [0, 0.1) is 0 Å². The van der Waals surface area contributed by atoms with E-state index in [1.807, 2.05) is 0 Å². The van der Waals surface area contributed by atoms with Crippen molar-refractivity contribution in [2.24, 2.45) is 0 Å². The second-order valence-electron chi connectivity index (χ2n) is 6.58. The smallest absolute Gasteiger partial charge is 0.357 e. The molecule has 0 bridgehead atoms. The molecule has 164 valence electrons. The van der Waals surface area contributed by atoms with Gasteiger partial charge in [-0.15, -0.1) is 0 Å². The van der Waals surface area contributed by atoms with Crippen LogP contribution >= 0.6 is 11.6 Å². The number of rotatable bonds is 4. The molecule has 0 aromatic carbocycles. The van der Waals surface area contributed by atoms with Crippen LogP contribution in [0.4, 0.5) is 13.2 Å². The average molecular weight is 456 g/mol. The number of ether oxygens (including phenoxy) is 1. The third-order valence-electron chi connectivity index (χ3n) is 4.53. The standard InChI is InChI=1S/C19H17ClF3N5O3/c1-3-17(29)28-7-14(31-15(8-28)19(21,22)23)10-4-12(27-16(20)5-10)11-6-13(18(30)24-2)26-9-25-11/h3-6,9,14-15H,1,7-8H2,2H3,(H,24,30)/t14?,15-/m1/s1. The van der Waals surface area contributed by atoms with Gasteiger partial charge in [-0.1, -0.05) is 18.2 Å². The van der Waals surface area contributed by atoms with Crippen LogP contribution in [0.5, 0.6) is 0 Å². The molecule has 2 atom stereocenters. The van der Waals surface area contributed by atoms with Crippen molar-refractivity contribution < 1.29 is 27.5 Å². The van der Waals surface area contributed by atoms with Gasteiger partial charge in [-0.25, -0.2) is 15.0 Å². The number of carbonyl (C=O) groups is 2. The maximum absolute atomic E-state index is 13.4. The Balaban J connectivity index is 1.99. The van der Waals surface area contributed by atoms with Gasteiger partial charge in [-0.2, -0.15) is 13.2 Å². The number of morpholine rings is 1. The number of halogens is 4. The predicted molar refractivity (Wildman–Crippen MR) is 104 cm³/mol. The van der Waals surface area contributed by atoms with Crippen molar-refractivity contribution >= 4 is 23.4 Å². The van der Waals surface area contributed by atoms with E-state index < -0.39 is 36.7 Å². The molecular weight excluding hydrogens is 439 g/mol. The molecule has 12 heteroatoms. The summed E-state index contributed by atoms with van der Waals surface area (Å²) in [5.41, 5.74) is 0.782. The third kappa shape index (κ3) is 5.17. The first-order valence-electron chi connectivity index (χ1n) is 8.98. The molecule has 3 rings (SSSR count). The van der Waals surface area contributed by atoms with E-state index in [1.54, 1.807) is 0 Å². The molecule has 1 unspecified atom stereocenters. The van der Waals surface area contributed by atoms with Crippen LogP contribution in [0.15, 0.2) is 37.2 Å². The van der Waals surface area contributed by atoms with Gasteiger partial charge in [0.1, 0.15) is 23.3 Å². The Kier molecular flexibility index (Phi) is 6.56. The monoisotopic (exact) mass is 455 g/mol. The minimum atomic E-state index is -4.67. The van der Waals surface area contributed by atoms with Crippen molar-refractivity contribution in [1.82, 2.24) is 25.2 Å². The molecule has 1 fully saturated rings. The molecule has 1 aliphatic heterocycles. The quantitative estimate of drug-likeness (QED) is 0.562. The molecule has 8 nitrogen and oxygen atoms in total. The summed E-state index contributed by atoms with van der Waals surface area (Å²) in [6.45, 7) is 2.55. The van der Waals surface area contributed by atoms with Gasteiger partial charge < -0.3 is 15.0 Å². The first-order chi connectivity index (χ1) is 14.6. The normalized spacial score (nSPS) is 19.1. The van der Waals surface area contributed by atoms with Gasteiger partial charge in [0, 0.05) is 7.05 Å². The van der Waals surface area contributed by atoms with E-state index in [4.69, 9.17) is 16.3 Å². The van der Waals surface area contributed by atoms with Crippen molar-refractivity contribution in [2.75, 3.05) is 20.1 Å². The second kappa shape index (κ2) is 8.98. The molecule has 3 heterocycles. The van der Waals surface area contributed by atoms with E-state index >= 15 is 0 Å². The topological polar surface area (TPSA) is 97.3 Å². The zero-order chi connectivity index (χ0) is 22.8. The molecule has 2 aromatic heterocycles. The third-order valence-corrected chi connectivity index (χ3v) is 4.72. The van der Waals surface area contributed by atoms with Gasteiger partial charge in [0.15, 0.2) is 6.10 Å². The summed E-state index contributed by atoms with van der Waals surface area (Å²) < 4.78 is 45.3. The van der Waals surface area contributed by atoms with Crippen molar-refractivity contribution in [2.45, 2.75) is 18.4 Å². The zero-order valence-corrected chi connectivity index (χ0v) is 16.9. The lowest BCUT2D eigenvalue weighted by Gasteiger charge is -2.38. The summed E-state index contributed by atoms with van der Waals surface area (Å²) >= 11 is 6.09. The number of hydrogen-bond acceptors (Lipinski definition) is 6. The van der Waals surface area contributed by atoms with Gasteiger partial charge in [0.25, 0.3) is 5.91 Å². The van der Waals surface area contributed by atoms with E-state index in [0.717, 1.165) is 17.3 Å². The van der Waals surface area contributed by atoms with Gasteiger partial charge in [-0.3, -0.25) is 9.59 Å². The average Bonchev–Trinajstić information content (AvgIpc) is 2.76. The van der Waals surface area contributed by atoms with E-state index in [0.29, 0.717) is 0 Å². The van der Waals surface area contributed by atoms with Crippen molar-refractivity contribution in [1.29, 1.82) is 0 Å². The number of carbonyl (C=O) groups excluding carboxylic acids is 2. The number of amides is 2. The lowest BCUT2D eigenvalue weighted by atomic mass is 10.0. The van der Waals surface area contributed by atoms with E-state index in [9.17, 15) is 22.8 Å². The highest BCUT2D eigenvalue weighted by atomic mass is 35.5. The largest absolute Gasteiger partial charge is 0.416 e. The molecule has 31 heavy (non-hydrogen) atoms. The Morgan fingerprint density at radius 3 is 2.65 bits per heavy atom. The number of hydrogen-bond donors (Lipinski definition) is 1. The van der Waals surface area contributed by atoms with E-state index in [-0.39, 0.29) is 34.3 Å². The van der Waals surface area contributed by atoms with Crippen molar-refractivity contribution in [3.05, 3.63) is 53.6 Å². The van der Waals surface area contributed by atoms with Gasteiger partial charge in [-0.05, 0) is 29.8 Å². The van der Waals surface area contributed by atoms with Crippen LogP contribution < -0.4 is 5.32 Å². The lowest BCUT2D eigenvalue weighted by molar-refractivity contribution is -0.253. The second-order valence-corrected chi connectivity index (χ2v) is 6.97. The Morgan fingerprint density at radius 2 is 2.00 bits per heavy atom. The van der Waals surface area contributed by atoms with E-state index in [1.165, 1.54) is 25.2 Å². The fraction of sp³-hybridized carbons (Fsp3) is 0.316. The molecule has 1 N–H and O–H groups in total. The van der Waals surface area contributed by atoms with Crippen LogP contribution in [-0.4, -0.2) is 64.1 Å². The highest BCUT2D eigenvalue weighted by Gasteiger charge is 2.46. The molecule has 1 aliphatic rings. The molecule has 0 aliphatic carbocycles. The lowest BCUT2D eigenvalue weighted by Crippen LogP contribution is -2.51. The van der Waals surface area contributed by atoms with Crippen LogP contribution in [0.1, 0.15) is 22.2 Å². The Morgan fingerprint density at radius 1 is 1.26 bits per heavy atom. The Hall–Kier alpha value is -3.05. The number of nitrogens with zero attached hydrogens (tertiary/aromatic N) is 4. The molecule has 1 saturated heterocycles. The van der Waals surface area contributed by atoms with Crippen LogP contribution in [0.2, 0.25) is 5.15 Å². The summed E-state index contributed by atoms with van der Waals surface area (Å²) in [5, 5.41) is 2.41. The fourth-order valence-electron chi connectivity index (χ4n) is 3.02. The van der Waals surface area contributed by atoms with E-state index in [2.05, 4.69) is 26.8 Å². The predicted octanol–water partition coefficient (Wildman–Crippen LogP) is 2.57. The number of pyridine rings is 1. The number of alkyl halides is 3. The van der Waals surface area contributed by atoms with Crippen molar-refractivity contribution in [3.63, 3.8) is 0 Å². The summed E-state index contributed by atoms with van der Waals surface area (Å²) in [6, 6.07) is 4.17. The van der Waals surface area contributed by atoms with Gasteiger partial charge >= 0.3 is 6.18 Å². The highest BCUT2D eigenvalue weighted by molar-refractivity contribution is 6.29.